The van der Waals surface area contributed by atoms with E-state index in [2.05, 4.69) is 34.0 Å². The summed E-state index contributed by atoms with van der Waals surface area (Å²) in [6.45, 7) is 1.61. The summed E-state index contributed by atoms with van der Waals surface area (Å²) < 4.78 is 28.4. The van der Waals surface area contributed by atoms with E-state index in [1.165, 1.54) is 17.6 Å². The van der Waals surface area contributed by atoms with Crippen molar-refractivity contribution in [2.45, 2.75) is 31.5 Å². The third-order valence-corrected chi connectivity index (χ3v) is 5.24. The molecule has 0 radical (unpaired) electrons. The molecule has 8 nitrogen and oxygen atoms in total. The highest BCUT2D eigenvalue weighted by molar-refractivity contribution is 5.98. The SMILES string of the molecule is CC(N)(C(F)F)[C@H](NC(=O)c1ccc(C#CC#Cc2ccc(Cn3ccnc3)cc2)cc1)C(=O)NO. The van der Waals surface area contributed by atoms with Crippen molar-refractivity contribution in [1.29, 1.82) is 0 Å². The van der Waals surface area contributed by atoms with Crippen LogP contribution >= 0.6 is 0 Å². The second-order valence-corrected chi connectivity index (χ2v) is 8.06. The average Bonchev–Trinajstić information content (AvgIpc) is 3.38. The number of halogens is 2. The van der Waals surface area contributed by atoms with Crippen molar-refractivity contribution in [2.24, 2.45) is 5.73 Å². The van der Waals surface area contributed by atoms with E-state index in [4.69, 9.17) is 10.9 Å². The van der Waals surface area contributed by atoms with Crippen LogP contribution in [0.1, 0.15) is 34.0 Å². The Labute approximate surface area is 206 Å². The minimum Gasteiger partial charge on any atom is -0.338 e. The summed E-state index contributed by atoms with van der Waals surface area (Å²) >= 11 is 0. The predicted octanol–water partition coefficient (Wildman–Crippen LogP) is 1.92. The van der Waals surface area contributed by atoms with Crippen LogP contribution < -0.4 is 16.5 Å². The molecular formula is C26H23F2N5O3. The number of rotatable bonds is 7. The monoisotopic (exact) mass is 491 g/mol. The molecule has 5 N–H and O–H groups in total. The molecular weight excluding hydrogens is 468 g/mol. The van der Waals surface area contributed by atoms with Crippen LogP contribution in [0.4, 0.5) is 8.78 Å². The molecule has 0 saturated carbocycles. The van der Waals surface area contributed by atoms with Crippen LogP contribution in [0.5, 0.6) is 0 Å². The topological polar surface area (TPSA) is 122 Å². The molecule has 36 heavy (non-hydrogen) atoms. The summed E-state index contributed by atoms with van der Waals surface area (Å²) in [5.74, 6) is 9.22. The molecule has 184 valence electrons. The van der Waals surface area contributed by atoms with Crippen molar-refractivity contribution in [1.82, 2.24) is 20.3 Å². The van der Waals surface area contributed by atoms with Gasteiger partial charge in [0.05, 0.1) is 6.33 Å². The van der Waals surface area contributed by atoms with E-state index in [1.54, 1.807) is 24.7 Å². The second kappa shape index (κ2) is 11.8. The molecule has 2 atom stereocenters. The number of nitrogens with two attached hydrogens (primary N) is 1. The lowest BCUT2D eigenvalue weighted by atomic mass is 9.92. The van der Waals surface area contributed by atoms with Gasteiger partial charge in [-0.25, -0.2) is 19.2 Å². The number of amides is 2. The second-order valence-electron chi connectivity index (χ2n) is 8.06. The molecule has 1 unspecified atom stereocenters. The maximum Gasteiger partial charge on any atom is 0.268 e. The lowest BCUT2D eigenvalue weighted by Gasteiger charge is -2.32. The summed E-state index contributed by atoms with van der Waals surface area (Å²) in [6, 6.07) is 11.8. The van der Waals surface area contributed by atoms with Crippen LogP contribution in [-0.4, -0.2) is 44.6 Å². The Kier molecular flexibility index (Phi) is 8.52. The van der Waals surface area contributed by atoms with E-state index in [9.17, 15) is 18.4 Å². The number of carbonyl (C=O) groups excluding carboxylic acids is 2. The fraction of sp³-hybridized carbons (Fsp3) is 0.192. The maximum absolute atomic E-state index is 13.2. The van der Waals surface area contributed by atoms with Crippen LogP contribution in [-0.2, 0) is 11.3 Å². The fourth-order valence-corrected chi connectivity index (χ4v) is 3.10. The molecule has 0 aliphatic heterocycles. The minimum absolute atomic E-state index is 0.0863. The first kappa shape index (κ1) is 26.1. The standard InChI is InChI=1S/C26H23F2N5O3/c1-26(29,25(27)28)22(24(35)32-36)31-23(34)21-12-10-19(11-13-21)5-3-2-4-18-6-8-20(9-7-18)16-33-15-14-30-17-33/h6-15,17,22,25,36H,16,29H2,1H3,(H,31,34)(H,32,35)/t22-,26?/m1/s1. The number of imidazole rings is 1. The van der Waals surface area contributed by atoms with Crippen molar-refractivity contribution in [3.63, 3.8) is 0 Å². The van der Waals surface area contributed by atoms with Crippen LogP contribution in [0.2, 0.25) is 0 Å². The van der Waals surface area contributed by atoms with Gasteiger partial charge in [-0.15, -0.1) is 0 Å². The Morgan fingerprint density at radius 1 is 1.08 bits per heavy atom. The van der Waals surface area contributed by atoms with E-state index < -0.39 is 29.8 Å². The summed E-state index contributed by atoms with van der Waals surface area (Å²) in [7, 11) is 0. The molecule has 1 heterocycles. The Balaban J connectivity index is 1.62. The van der Waals surface area contributed by atoms with Gasteiger partial charge in [0.1, 0.15) is 11.6 Å². The fourth-order valence-electron chi connectivity index (χ4n) is 3.10. The van der Waals surface area contributed by atoms with Gasteiger partial charge in [-0.2, -0.15) is 0 Å². The zero-order chi connectivity index (χ0) is 26.1. The molecule has 1 aromatic heterocycles. The van der Waals surface area contributed by atoms with E-state index >= 15 is 0 Å². The van der Waals surface area contributed by atoms with E-state index in [0.717, 1.165) is 18.1 Å². The zero-order valence-corrected chi connectivity index (χ0v) is 19.2. The van der Waals surface area contributed by atoms with Crippen molar-refractivity contribution >= 4 is 11.8 Å². The number of nitrogens with one attached hydrogen (secondary N) is 2. The number of nitrogens with zero attached hydrogens (tertiary/aromatic N) is 2. The molecule has 10 heteroatoms. The largest absolute Gasteiger partial charge is 0.338 e. The molecule has 0 spiro atoms. The Bertz CT molecular complexity index is 1310. The molecule has 2 amide bonds. The maximum atomic E-state index is 13.2. The lowest BCUT2D eigenvalue weighted by molar-refractivity contribution is -0.134. The molecule has 3 rings (SSSR count). The average molecular weight is 491 g/mol. The van der Waals surface area contributed by atoms with Crippen molar-refractivity contribution < 1.29 is 23.6 Å². The van der Waals surface area contributed by atoms with Gasteiger partial charge in [-0.1, -0.05) is 24.0 Å². The van der Waals surface area contributed by atoms with Crippen molar-refractivity contribution in [2.75, 3.05) is 0 Å². The molecule has 0 aliphatic carbocycles. The highest BCUT2D eigenvalue weighted by Gasteiger charge is 2.44. The number of hydrogen-bond donors (Lipinski definition) is 4. The third kappa shape index (κ3) is 6.76. The highest BCUT2D eigenvalue weighted by atomic mass is 19.3. The number of hydroxylamine groups is 1. The Morgan fingerprint density at radius 2 is 1.67 bits per heavy atom. The van der Waals surface area contributed by atoms with Crippen LogP contribution in [0.3, 0.4) is 0 Å². The number of hydrogen-bond acceptors (Lipinski definition) is 5. The van der Waals surface area contributed by atoms with Gasteiger partial charge < -0.3 is 15.6 Å². The quantitative estimate of drug-likeness (QED) is 0.229. The smallest absolute Gasteiger partial charge is 0.268 e. The van der Waals surface area contributed by atoms with Crippen LogP contribution in [0.25, 0.3) is 0 Å². The first-order valence-electron chi connectivity index (χ1n) is 10.7. The van der Waals surface area contributed by atoms with Gasteiger partial charge in [0.2, 0.25) is 0 Å². The van der Waals surface area contributed by atoms with E-state index in [0.29, 0.717) is 12.1 Å². The predicted molar refractivity (Wildman–Crippen MR) is 128 cm³/mol. The van der Waals surface area contributed by atoms with Gasteiger partial charge in [0.25, 0.3) is 18.2 Å². The first-order valence-corrected chi connectivity index (χ1v) is 10.7. The minimum atomic E-state index is -3.14. The van der Waals surface area contributed by atoms with Crippen molar-refractivity contribution in [3.05, 3.63) is 89.5 Å². The summed E-state index contributed by atoms with van der Waals surface area (Å²) in [5.41, 5.74) is 6.91. The molecule has 0 fully saturated rings. The molecule has 0 aliphatic rings. The van der Waals surface area contributed by atoms with Gasteiger partial charge in [-0.3, -0.25) is 14.8 Å². The van der Waals surface area contributed by atoms with Crippen LogP contribution in [0, 0.1) is 23.7 Å². The highest BCUT2D eigenvalue weighted by Crippen LogP contribution is 2.18. The van der Waals surface area contributed by atoms with Crippen LogP contribution in [0.15, 0.2) is 67.3 Å². The lowest BCUT2D eigenvalue weighted by Crippen LogP contribution is -2.66. The molecule has 0 bridgehead atoms. The normalized spacial score (nSPS) is 12.8. The third-order valence-electron chi connectivity index (χ3n) is 5.24. The molecule has 3 aromatic rings. The zero-order valence-electron chi connectivity index (χ0n) is 19.2. The molecule has 2 aromatic carbocycles. The van der Waals surface area contributed by atoms with Gasteiger partial charge in [0, 0.05) is 35.6 Å². The molecule has 0 saturated heterocycles. The van der Waals surface area contributed by atoms with Gasteiger partial charge in [0.15, 0.2) is 0 Å². The number of alkyl halides is 2. The first-order chi connectivity index (χ1) is 17.2. The van der Waals surface area contributed by atoms with Gasteiger partial charge in [-0.05, 0) is 60.7 Å². The number of benzene rings is 2. The number of aromatic nitrogens is 2. The summed E-state index contributed by atoms with van der Waals surface area (Å²) in [5, 5.41) is 11.0. The Hall–Kier alpha value is -4.51. The van der Waals surface area contributed by atoms with Crippen molar-refractivity contribution in [3.8, 4) is 23.7 Å². The summed E-state index contributed by atoms with van der Waals surface area (Å²) in [6.07, 6.45) is 2.22. The number of carbonyl (C=O) groups is 2. The summed E-state index contributed by atoms with van der Waals surface area (Å²) in [4.78, 5) is 28.3. The van der Waals surface area contributed by atoms with E-state index in [1.807, 2.05) is 35.0 Å². The Morgan fingerprint density at radius 3 is 2.17 bits per heavy atom. The van der Waals surface area contributed by atoms with Gasteiger partial charge >= 0.3 is 0 Å². The van der Waals surface area contributed by atoms with E-state index in [-0.39, 0.29) is 5.56 Å².